The highest BCUT2D eigenvalue weighted by Gasteiger charge is 2.09. The molecule has 0 spiro atoms. The fourth-order valence-corrected chi connectivity index (χ4v) is 2.57. The Bertz CT molecular complexity index is 554. The maximum Gasteiger partial charge on any atom is 0.125 e. The molecule has 1 aromatic carbocycles. The van der Waals surface area contributed by atoms with Gasteiger partial charge >= 0.3 is 0 Å². The molecular formula is C13H13BrN2OS. The molecule has 1 aromatic heterocycles. The molecule has 2 rings (SSSR count). The zero-order valence-electron chi connectivity index (χ0n) is 9.81. The third-order valence-corrected chi connectivity index (χ3v) is 3.46. The molecule has 5 heteroatoms. The number of hydrogen-bond acceptors (Lipinski definition) is 3. The number of rotatable bonds is 4. The number of anilines is 1. The Morgan fingerprint density at radius 1 is 1.44 bits per heavy atom. The Balaban J connectivity index is 2.15. The number of furan rings is 1. The van der Waals surface area contributed by atoms with E-state index < -0.39 is 0 Å². The smallest absolute Gasteiger partial charge is 0.125 e. The maximum atomic E-state index is 5.61. The quantitative estimate of drug-likeness (QED) is 0.839. The molecule has 94 valence electrons. The molecule has 0 saturated carbocycles. The van der Waals surface area contributed by atoms with Gasteiger partial charge < -0.3 is 15.5 Å². The van der Waals surface area contributed by atoms with Crippen molar-refractivity contribution in [3.63, 3.8) is 0 Å². The monoisotopic (exact) mass is 324 g/mol. The van der Waals surface area contributed by atoms with E-state index >= 15 is 0 Å². The summed E-state index contributed by atoms with van der Waals surface area (Å²) >= 11 is 8.41. The number of nitrogens with one attached hydrogen (secondary N) is 1. The molecule has 1 atom stereocenters. The predicted octanol–water partition coefficient (Wildman–Crippen LogP) is 3.85. The van der Waals surface area contributed by atoms with Gasteiger partial charge in [0.1, 0.15) is 10.7 Å². The summed E-state index contributed by atoms with van der Waals surface area (Å²) in [4.78, 5) is 0.382. The first-order valence-corrected chi connectivity index (χ1v) is 6.67. The Hall–Kier alpha value is -1.33. The van der Waals surface area contributed by atoms with E-state index in [1.54, 1.807) is 6.26 Å². The molecule has 18 heavy (non-hydrogen) atoms. The van der Waals surface area contributed by atoms with E-state index in [0.717, 1.165) is 21.5 Å². The highest BCUT2D eigenvalue weighted by atomic mass is 79.9. The molecule has 3 nitrogen and oxygen atoms in total. The van der Waals surface area contributed by atoms with E-state index in [-0.39, 0.29) is 6.04 Å². The predicted molar refractivity (Wildman–Crippen MR) is 80.8 cm³/mol. The zero-order chi connectivity index (χ0) is 13.1. The van der Waals surface area contributed by atoms with E-state index in [1.165, 1.54) is 0 Å². The van der Waals surface area contributed by atoms with Crippen LogP contribution in [-0.4, -0.2) is 4.99 Å². The van der Waals surface area contributed by atoms with E-state index in [1.807, 2.05) is 37.3 Å². The second kappa shape index (κ2) is 5.54. The molecule has 1 heterocycles. The Kier molecular flexibility index (Phi) is 4.04. The Labute approximate surface area is 119 Å². The zero-order valence-corrected chi connectivity index (χ0v) is 12.2. The number of halogens is 1. The summed E-state index contributed by atoms with van der Waals surface area (Å²) in [5, 5.41) is 3.34. The number of hydrogen-bond donors (Lipinski definition) is 2. The normalized spacial score (nSPS) is 12.1. The SMILES string of the molecule is CC(Nc1ccc(C(N)=S)c(Br)c1)c1ccco1. The van der Waals surface area contributed by atoms with Crippen molar-refractivity contribution in [2.45, 2.75) is 13.0 Å². The van der Waals surface area contributed by atoms with Gasteiger partial charge in [-0.05, 0) is 53.2 Å². The van der Waals surface area contributed by atoms with Crippen molar-refractivity contribution >= 4 is 38.8 Å². The lowest BCUT2D eigenvalue weighted by Gasteiger charge is -2.14. The van der Waals surface area contributed by atoms with Gasteiger partial charge in [-0.2, -0.15) is 0 Å². The van der Waals surface area contributed by atoms with Crippen LogP contribution in [0.4, 0.5) is 5.69 Å². The van der Waals surface area contributed by atoms with Gasteiger partial charge in [0.2, 0.25) is 0 Å². The highest BCUT2D eigenvalue weighted by molar-refractivity contribution is 9.10. The maximum absolute atomic E-state index is 5.61. The standard InChI is InChI=1S/C13H13BrN2OS/c1-8(12-3-2-6-17-12)16-9-4-5-10(13(15)18)11(14)7-9/h2-8,16H,1H3,(H2,15,18). The van der Waals surface area contributed by atoms with Gasteiger partial charge in [-0.1, -0.05) is 12.2 Å². The number of thiocarbonyl (C=S) groups is 1. The summed E-state index contributed by atoms with van der Waals surface area (Å²) in [7, 11) is 0. The van der Waals surface area contributed by atoms with Gasteiger partial charge in [-0.25, -0.2) is 0 Å². The van der Waals surface area contributed by atoms with Gasteiger partial charge in [0.25, 0.3) is 0 Å². The molecule has 3 N–H and O–H groups in total. The molecule has 0 bridgehead atoms. The first-order chi connectivity index (χ1) is 8.58. The van der Waals surface area contributed by atoms with E-state index in [4.69, 9.17) is 22.4 Å². The molecule has 0 radical (unpaired) electrons. The van der Waals surface area contributed by atoms with Crippen molar-refractivity contribution in [3.05, 3.63) is 52.4 Å². The first-order valence-electron chi connectivity index (χ1n) is 5.47. The fraction of sp³-hybridized carbons (Fsp3) is 0.154. The second-order valence-electron chi connectivity index (χ2n) is 3.94. The van der Waals surface area contributed by atoms with Crippen LogP contribution in [0.3, 0.4) is 0 Å². The van der Waals surface area contributed by atoms with Gasteiger partial charge in [0.15, 0.2) is 0 Å². The lowest BCUT2D eigenvalue weighted by atomic mass is 10.2. The number of nitrogens with two attached hydrogens (primary N) is 1. The molecule has 0 saturated heterocycles. The molecule has 0 amide bonds. The van der Waals surface area contributed by atoms with Crippen LogP contribution in [0.1, 0.15) is 24.3 Å². The molecule has 0 fully saturated rings. The largest absolute Gasteiger partial charge is 0.467 e. The summed E-state index contributed by atoms with van der Waals surface area (Å²) < 4.78 is 6.23. The summed E-state index contributed by atoms with van der Waals surface area (Å²) in [5.41, 5.74) is 7.42. The Morgan fingerprint density at radius 3 is 2.78 bits per heavy atom. The third kappa shape index (κ3) is 2.91. The van der Waals surface area contributed by atoms with Crippen LogP contribution in [-0.2, 0) is 0 Å². The lowest BCUT2D eigenvalue weighted by Crippen LogP contribution is -2.11. The van der Waals surface area contributed by atoms with Crippen molar-refractivity contribution in [2.24, 2.45) is 5.73 Å². The summed E-state index contributed by atoms with van der Waals surface area (Å²) in [5.74, 6) is 0.893. The van der Waals surface area contributed by atoms with Crippen LogP contribution in [0.2, 0.25) is 0 Å². The van der Waals surface area contributed by atoms with Crippen molar-refractivity contribution in [1.82, 2.24) is 0 Å². The van der Waals surface area contributed by atoms with Crippen molar-refractivity contribution < 1.29 is 4.42 Å². The van der Waals surface area contributed by atoms with Crippen LogP contribution < -0.4 is 11.1 Å². The van der Waals surface area contributed by atoms with Crippen LogP contribution in [0.15, 0.2) is 45.5 Å². The summed E-state index contributed by atoms with van der Waals surface area (Å²) in [6.07, 6.45) is 1.67. The van der Waals surface area contributed by atoms with Crippen LogP contribution >= 0.6 is 28.1 Å². The van der Waals surface area contributed by atoms with Crippen LogP contribution in [0.5, 0.6) is 0 Å². The van der Waals surface area contributed by atoms with E-state index in [2.05, 4.69) is 21.2 Å². The van der Waals surface area contributed by atoms with E-state index in [0.29, 0.717) is 4.99 Å². The molecule has 0 aliphatic heterocycles. The highest BCUT2D eigenvalue weighted by Crippen LogP contribution is 2.25. The minimum Gasteiger partial charge on any atom is -0.467 e. The molecule has 0 aliphatic rings. The lowest BCUT2D eigenvalue weighted by molar-refractivity contribution is 0.490. The topological polar surface area (TPSA) is 51.2 Å². The van der Waals surface area contributed by atoms with Gasteiger partial charge in [0.05, 0.1) is 12.3 Å². The molecule has 0 aliphatic carbocycles. The second-order valence-corrected chi connectivity index (χ2v) is 5.23. The van der Waals surface area contributed by atoms with Crippen LogP contribution in [0, 0.1) is 0 Å². The van der Waals surface area contributed by atoms with Gasteiger partial charge in [-0.15, -0.1) is 0 Å². The molecular weight excluding hydrogens is 312 g/mol. The third-order valence-electron chi connectivity index (χ3n) is 2.59. The average molecular weight is 325 g/mol. The van der Waals surface area contributed by atoms with Crippen molar-refractivity contribution in [3.8, 4) is 0 Å². The summed E-state index contributed by atoms with van der Waals surface area (Å²) in [6, 6.07) is 9.70. The summed E-state index contributed by atoms with van der Waals surface area (Å²) in [6.45, 7) is 2.04. The fourth-order valence-electron chi connectivity index (χ4n) is 1.66. The van der Waals surface area contributed by atoms with E-state index in [9.17, 15) is 0 Å². The Morgan fingerprint density at radius 2 is 2.22 bits per heavy atom. The molecule has 1 unspecified atom stereocenters. The van der Waals surface area contributed by atoms with Crippen LogP contribution in [0.25, 0.3) is 0 Å². The average Bonchev–Trinajstić information content (AvgIpc) is 2.81. The number of benzene rings is 1. The van der Waals surface area contributed by atoms with Crippen molar-refractivity contribution in [1.29, 1.82) is 0 Å². The van der Waals surface area contributed by atoms with Gasteiger partial charge in [-0.3, -0.25) is 0 Å². The minimum absolute atomic E-state index is 0.0996. The molecule has 2 aromatic rings. The minimum atomic E-state index is 0.0996. The first kappa shape index (κ1) is 13.1. The van der Waals surface area contributed by atoms with Gasteiger partial charge in [0, 0.05) is 15.7 Å². The van der Waals surface area contributed by atoms with Crippen molar-refractivity contribution in [2.75, 3.05) is 5.32 Å².